The van der Waals surface area contributed by atoms with Gasteiger partial charge in [-0.15, -0.1) is 0 Å². The number of anilines is 1. The lowest BCUT2D eigenvalue weighted by atomic mass is 10.1. The number of carbonyl (C=O) groups is 1. The minimum atomic E-state index is -1.83. The molecule has 2 heterocycles. The largest absolute Gasteiger partial charge is 0.412 e. The van der Waals surface area contributed by atoms with Crippen LogP contribution in [0.1, 0.15) is 50.5 Å². The number of carbonyl (C=O) groups excluding carboxylic acids is 1. The number of nitriles is 1. The molecule has 0 N–H and O–H groups in total. The van der Waals surface area contributed by atoms with E-state index in [0.29, 0.717) is 16.6 Å². The Morgan fingerprint density at radius 1 is 1.32 bits per heavy atom. The van der Waals surface area contributed by atoms with Crippen molar-refractivity contribution in [2.45, 2.75) is 76.9 Å². The summed E-state index contributed by atoms with van der Waals surface area (Å²) in [7, 11) is -1.83. The van der Waals surface area contributed by atoms with E-state index in [1.165, 1.54) is 11.3 Å². The molecule has 1 aromatic heterocycles. The summed E-state index contributed by atoms with van der Waals surface area (Å²) >= 11 is 14.0. The fourth-order valence-electron chi connectivity index (χ4n) is 4.13. The first kappa shape index (κ1) is 28.1. The van der Waals surface area contributed by atoms with Crippen LogP contribution in [-0.4, -0.2) is 49.3 Å². The van der Waals surface area contributed by atoms with Crippen LogP contribution in [0.2, 0.25) is 28.2 Å². The molecule has 0 bridgehead atoms. The Balaban J connectivity index is 1.45. The van der Waals surface area contributed by atoms with Gasteiger partial charge in [0.05, 0.1) is 21.0 Å². The summed E-state index contributed by atoms with van der Waals surface area (Å²) in [5, 5.41) is 11.8. The first-order valence-corrected chi connectivity index (χ1v) is 17.1. The number of aromatic nitrogens is 1. The van der Waals surface area contributed by atoms with Crippen molar-refractivity contribution in [1.82, 2.24) is 9.88 Å². The minimum Gasteiger partial charge on any atom is -0.412 e. The lowest BCUT2D eigenvalue weighted by Gasteiger charge is -2.38. The Kier molecular flexibility index (Phi) is 8.42. The molecule has 10 heteroatoms. The summed E-state index contributed by atoms with van der Waals surface area (Å²) in [4.78, 5) is 22.8. The van der Waals surface area contributed by atoms with E-state index in [1.807, 2.05) is 12.1 Å². The molecule has 4 rings (SSSR count). The Morgan fingerprint density at radius 3 is 2.70 bits per heavy atom. The van der Waals surface area contributed by atoms with Gasteiger partial charge in [0.2, 0.25) is 0 Å². The lowest BCUT2D eigenvalue weighted by molar-refractivity contribution is -0.127. The van der Waals surface area contributed by atoms with Crippen molar-refractivity contribution in [3.63, 3.8) is 0 Å². The Morgan fingerprint density at radius 2 is 2.05 bits per heavy atom. The highest BCUT2D eigenvalue weighted by molar-refractivity contribution is 7.16. The molecule has 1 aliphatic heterocycles. The number of hydrogen-bond acceptors (Lipinski definition) is 6. The summed E-state index contributed by atoms with van der Waals surface area (Å²) in [5.41, 5.74) is 0.871. The summed E-state index contributed by atoms with van der Waals surface area (Å²) in [6.45, 7) is 13.4. The van der Waals surface area contributed by atoms with Crippen LogP contribution in [0.3, 0.4) is 0 Å². The van der Waals surface area contributed by atoms with Crippen molar-refractivity contribution in [3.05, 3.63) is 50.5 Å². The monoisotopic (exact) mass is 576 g/mol. The van der Waals surface area contributed by atoms with Crippen molar-refractivity contribution >= 4 is 60.0 Å². The number of thiazole rings is 1. The molecule has 1 saturated carbocycles. The molecule has 1 amide bonds. The van der Waals surface area contributed by atoms with Gasteiger partial charge in [0.25, 0.3) is 5.91 Å². The molecule has 2 aromatic rings. The van der Waals surface area contributed by atoms with Crippen molar-refractivity contribution in [2.24, 2.45) is 0 Å². The van der Waals surface area contributed by atoms with Gasteiger partial charge in [0, 0.05) is 31.9 Å². The summed E-state index contributed by atoms with van der Waals surface area (Å²) in [6.07, 6.45) is 6.40. The third-order valence-corrected chi connectivity index (χ3v) is 13.9. The van der Waals surface area contributed by atoms with Crippen molar-refractivity contribution in [2.75, 3.05) is 18.0 Å². The number of halogens is 2. The molecule has 0 radical (unpaired) electrons. The molecule has 2 aliphatic rings. The predicted octanol–water partition coefficient (Wildman–Crippen LogP) is 7.15. The van der Waals surface area contributed by atoms with E-state index >= 15 is 0 Å². The zero-order valence-corrected chi connectivity index (χ0v) is 25.4. The van der Waals surface area contributed by atoms with Crippen LogP contribution in [-0.2, 0) is 15.8 Å². The van der Waals surface area contributed by atoms with E-state index in [0.717, 1.165) is 47.9 Å². The smallest absolute Gasteiger partial charge is 0.265 e. The molecular formula is C27H34Cl2N4O2SSi. The predicted molar refractivity (Wildman–Crippen MR) is 155 cm³/mol. The van der Waals surface area contributed by atoms with Crippen LogP contribution in [0.25, 0.3) is 6.08 Å². The second-order valence-corrected chi connectivity index (χ2v) is 17.9. The molecule has 198 valence electrons. The highest BCUT2D eigenvalue weighted by Crippen LogP contribution is 2.39. The van der Waals surface area contributed by atoms with Crippen molar-refractivity contribution in [3.8, 4) is 6.07 Å². The molecule has 0 unspecified atom stereocenters. The topological polar surface area (TPSA) is 69.5 Å². The van der Waals surface area contributed by atoms with Crippen LogP contribution in [0.4, 0.5) is 5.13 Å². The molecule has 1 aromatic carbocycles. The first-order chi connectivity index (χ1) is 17.4. The van der Waals surface area contributed by atoms with Gasteiger partial charge in [-0.3, -0.25) is 4.79 Å². The first-order valence-electron chi connectivity index (χ1n) is 12.6. The maximum atomic E-state index is 13.4. The van der Waals surface area contributed by atoms with Gasteiger partial charge < -0.3 is 14.2 Å². The van der Waals surface area contributed by atoms with Gasteiger partial charge in [-0.05, 0) is 55.1 Å². The highest BCUT2D eigenvalue weighted by atomic mass is 35.5. The maximum absolute atomic E-state index is 13.4. The van der Waals surface area contributed by atoms with Gasteiger partial charge in [-0.1, -0.05) is 67.4 Å². The van der Waals surface area contributed by atoms with Gasteiger partial charge >= 0.3 is 0 Å². The second-order valence-electron chi connectivity index (χ2n) is 11.3. The number of amides is 1. The molecule has 0 spiro atoms. The lowest BCUT2D eigenvalue weighted by Crippen LogP contribution is -2.44. The van der Waals surface area contributed by atoms with Gasteiger partial charge in [0.15, 0.2) is 13.4 Å². The maximum Gasteiger partial charge on any atom is 0.265 e. The third kappa shape index (κ3) is 6.58. The normalized spacial score (nSPS) is 18.7. The number of nitrogens with zero attached hydrogens (tertiary/aromatic N) is 4. The Bertz CT molecular complexity index is 1230. The van der Waals surface area contributed by atoms with E-state index < -0.39 is 8.32 Å². The number of rotatable bonds is 8. The van der Waals surface area contributed by atoms with Crippen LogP contribution in [0.5, 0.6) is 0 Å². The highest BCUT2D eigenvalue weighted by Gasteiger charge is 2.41. The third-order valence-electron chi connectivity index (χ3n) is 7.45. The molecule has 1 aliphatic carbocycles. The summed E-state index contributed by atoms with van der Waals surface area (Å²) in [6, 6.07) is 7.62. The van der Waals surface area contributed by atoms with Crippen molar-refractivity contribution in [1.29, 1.82) is 5.26 Å². The van der Waals surface area contributed by atoms with Crippen LogP contribution < -0.4 is 4.90 Å². The van der Waals surface area contributed by atoms with Gasteiger partial charge in [-0.2, -0.15) is 5.26 Å². The van der Waals surface area contributed by atoms with E-state index in [2.05, 4.69) is 49.8 Å². The van der Waals surface area contributed by atoms with E-state index in [9.17, 15) is 10.1 Å². The second kappa shape index (κ2) is 11.1. The molecule has 1 atom stereocenters. The van der Waals surface area contributed by atoms with Gasteiger partial charge in [0.1, 0.15) is 11.6 Å². The average Bonchev–Trinajstić information content (AvgIpc) is 3.38. The number of benzene rings is 1. The van der Waals surface area contributed by atoms with Crippen molar-refractivity contribution < 1.29 is 9.22 Å². The summed E-state index contributed by atoms with van der Waals surface area (Å²) < 4.78 is 6.61. The fourth-order valence-corrected chi connectivity index (χ4v) is 6.78. The standard InChI is InChI=1S/C27H34Cl2N4O2SSi/c1-27(2,3)37(4,5)35-21-11-12-32(17-21)26-31-15-22(36-26)13-19(14-30)25(34)33(20-9-10-20)16-18-7-6-8-23(28)24(18)29/h6-8,13,15,20-21H,9-12,16-17H2,1-5H3/t21-/m0/s1. The number of hydrogen-bond donors (Lipinski definition) is 0. The van der Waals surface area contributed by atoms with E-state index in [1.54, 1.807) is 23.2 Å². The molecule has 2 fully saturated rings. The van der Waals surface area contributed by atoms with Crippen LogP contribution in [0, 0.1) is 11.3 Å². The van der Waals surface area contributed by atoms with E-state index in [-0.39, 0.29) is 28.7 Å². The Labute approximate surface area is 235 Å². The van der Waals surface area contributed by atoms with E-state index in [4.69, 9.17) is 27.6 Å². The zero-order chi connectivity index (χ0) is 27.0. The van der Waals surface area contributed by atoms with Crippen LogP contribution in [0.15, 0.2) is 30.0 Å². The minimum absolute atomic E-state index is 0.0980. The molecule has 6 nitrogen and oxygen atoms in total. The average molecular weight is 578 g/mol. The van der Waals surface area contributed by atoms with Gasteiger partial charge in [-0.25, -0.2) is 4.98 Å². The fraction of sp³-hybridized carbons (Fsp3) is 0.519. The van der Waals surface area contributed by atoms with Crippen LogP contribution >= 0.6 is 34.5 Å². The molecule has 37 heavy (non-hydrogen) atoms. The quantitative estimate of drug-likeness (QED) is 0.189. The SMILES string of the molecule is CC(C)(C)[Si](C)(C)O[C@H]1CCN(c2ncc(C=C(C#N)C(=O)N(Cc3cccc(Cl)c3Cl)C3CC3)s2)C1. The molecule has 1 saturated heterocycles. The Hall–Kier alpha value is -1.89. The summed E-state index contributed by atoms with van der Waals surface area (Å²) in [5.74, 6) is -0.292. The zero-order valence-electron chi connectivity index (χ0n) is 22.1. The molecular weight excluding hydrogens is 543 g/mol.